The van der Waals surface area contributed by atoms with Crippen molar-refractivity contribution in [3.63, 3.8) is 0 Å². The van der Waals surface area contributed by atoms with Crippen LogP contribution in [-0.2, 0) is 4.74 Å². The third-order valence-electron chi connectivity index (χ3n) is 3.08. The van der Waals surface area contributed by atoms with Gasteiger partial charge < -0.3 is 15.8 Å². The molecule has 0 radical (unpaired) electrons. The Labute approximate surface area is 101 Å². The highest BCUT2D eigenvalue weighted by molar-refractivity contribution is 5.73. The van der Waals surface area contributed by atoms with Gasteiger partial charge in [0.25, 0.3) is 0 Å². The van der Waals surface area contributed by atoms with Gasteiger partial charge in [-0.1, -0.05) is 6.07 Å². The third-order valence-corrected chi connectivity index (χ3v) is 3.08. The number of rotatable bonds is 4. The van der Waals surface area contributed by atoms with Crippen LogP contribution < -0.4 is 11.1 Å². The van der Waals surface area contributed by atoms with Gasteiger partial charge in [0, 0.05) is 12.6 Å². The summed E-state index contributed by atoms with van der Waals surface area (Å²) in [5.74, 6) is 0. The van der Waals surface area contributed by atoms with E-state index in [2.05, 4.69) is 11.4 Å². The second kappa shape index (κ2) is 5.07. The number of benzene rings is 1. The molecular formula is C13H17N3O. The normalized spacial score (nSPS) is 22.6. The number of nitriles is 1. The minimum absolute atomic E-state index is 0.373. The summed E-state index contributed by atoms with van der Waals surface area (Å²) in [7, 11) is 0. The molecule has 0 bridgehead atoms. The Kier molecular flexibility index (Phi) is 3.50. The van der Waals surface area contributed by atoms with Crippen LogP contribution in [0.1, 0.15) is 25.3 Å². The Morgan fingerprint density at radius 3 is 2.94 bits per heavy atom. The van der Waals surface area contributed by atoms with E-state index in [1.807, 2.05) is 19.1 Å². The fraction of sp³-hybridized carbons (Fsp3) is 0.462. The molecule has 1 saturated carbocycles. The summed E-state index contributed by atoms with van der Waals surface area (Å²) in [6.45, 7) is 2.78. The number of hydrogen-bond donors (Lipinski definition) is 2. The van der Waals surface area contributed by atoms with Crippen molar-refractivity contribution in [3.8, 4) is 6.07 Å². The molecule has 17 heavy (non-hydrogen) atoms. The van der Waals surface area contributed by atoms with Crippen LogP contribution in [0.15, 0.2) is 18.2 Å². The Morgan fingerprint density at radius 2 is 2.29 bits per heavy atom. The molecule has 0 saturated heterocycles. The first-order chi connectivity index (χ1) is 8.24. The Morgan fingerprint density at radius 1 is 1.53 bits per heavy atom. The molecule has 2 rings (SSSR count). The van der Waals surface area contributed by atoms with E-state index in [1.54, 1.807) is 6.07 Å². The maximum absolute atomic E-state index is 8.88. The van der Waals surface area contributed by atoms with Crippen LogP contribution in [-0.4, -0.2) is 18.8 Å². The predicted octanol–water partition coefficient (Wildman–Crippen LogP) is 2.12. The number of nitrogens with two attached hydrogens (primary N) is 1. The molecular weight excluding hydrogens is 214 g/mol. The van der Waals surface area contributed by atoms with Crippen molar-refractivity contribution in [2.24, 2.45) is 0 Å². The van der Waals surface area contributed by atoms with E-state index in [1.165, 1.54) is 0 Å². The van der Waals surface area contributed by atoms with Crippen LogP contribution in [0.25, 0.3) is 0 Å². The van der Waals surface area contributed by atoms with Gasteiger partial charge in [0.1, 0.15) is 6.07 Å². The first-order valence-corrected chi connectivity index (χ1v) is 5.91. The van der Waals surface area contributed by atoms with Crippen molar-refractivity contribution < 1.29 is 4.74 Å². The number of nitrogens with one attached hydrogen (secondary N) is 1. The largest absolute Gasteiger partial charge is 0.396 e. The lowest BCUT2D eigenvalue weighted by atomic mass is 9.89. The SMILES string of the molecule is CCOC1CC(Nc2cccc(C#N)c2N)C1. The van der Waals surface area contributed by atoms with Gasteiger partial charge in [-0.05, 0) is 31.9 Å². The van der Waals surface area contributed by atoms with Crippen LogP contribution in [0.5, 0.6) is 0 Å². The van der Waals surface area contributed by atoms with Crippen LogP contribution >= 0.6 is 0 Å². The number of nitrogens with zero attached hydrogens (tertiary/aromatic N) is 1. The van der Waals surface area contributed by atoms with Crippen molar-refractivity contribution in [1.82, 2.24) is 0 Å². The monoisotopic (exact) mass is 231 g/mol. The summed E-state index contributed by atoms with van der Waals surface area (Å²) < 4.78 is 5.50. The maximum Gasteiger partial charge on any atom is 0.101 e. The maximum atomic E-state index is 8.88. The van der Waals surface area contributed by atoms with Gasteiger partial charge >= 0.3 is 0 Å². The van der Waals surface area contributed by atoms with Crippen molar-refractivity contribution in [2.45, 2.75) is 31.9 Å². The minimum atomic E-state index is 0.373. The predicted molar refractivity (Wildman–Crippen MR) is 67.6 cm³/mol. The van der Waals surface area contributed by atoms with E-state index in [-0.39, 0.29) is 0 Å². The van der Waals surface area contributed by atoms with E-state index in [4.69, 9.17) is 15.7 Å². The highest BCUT2D eigenvalue weighted by Gasteiger charge is 2.29. The fourth-order valence-electron chi connectivity index (χ4n) is 2.06. The Balaban J connectivity index is 1.95. The molecule has 3 N–H and O–H groups in total. The van der Waals surface area contributed by atoms with Gasteiger partial charge in [-0.2, -0.15) is 5.26 Å². The third kappa shape index (κ3) is 2.51. The minimum Gasteiger partial charge on any atom is -0.396 e. The van der Waals surface area contributed by atoms with Crippen molar-refractivity contribution in [3.05, 3.63) is 23.8 Å². The number of hydrogen-bond acceptors (Lipinski definition) is 4. The van der Waals surface area contributed by atoms with Gasteiger partial charge in [0.15, 0.2) is 0 Å². The summed E-state index contributed by atoms with van der Waals surface area (Å²) in [6, 6.07) is 7.97. The van der Waals surface area contributed by atoms with Crippen LogP contribution in [0.4, 0.5) is 11.4 Å². The highest BCUT2D eigenvalue weighted by atomic mass is 16.5. The number of nitrogen functional groups attached to an aromatic ring is 1. The van der Waals surface area contributed by atoms with E-state index in [0.29, 0.717) is 23.4 Å². The molecule has 1 aliphatic carbocycles. The zero-order valence-corrected chi connectivity index (χ0v) is 9.94. The van der Waals surface area contributed by atoms with E-state index in [9.17, 15) is 0 Å². The topological polar surface area (TPSA) is 71.1 Å². The number of para-hydroxylation sites is 1. The first kappa shape index (κ1) is 11.7. The molecule has 4 nitrogen and oxygen atoms in total. The standard InChI is InChI=1S/C13H17N3O/c1-2-17-11-6-10(7-11)16-12-5-3-4-9(8-14)13(12)15/h3-5,10-11,16H,2,6-7,15H2,1H3. The molecule has 0 spiro atoms. The molecule has 1 aromatic carbocycles. The molecule has 1 aromatic rings. The first-order valence-electron chi connectivity index (χ1n) is 5.91. The molecule has 0 unspecified atom stereocenters. The molecule has 0 atom stereocenters. The van der Waals surface area contributed by atoms with Crippen LogP contribution in [0, 0.1) is 11.3 Å². The fourth-order valence-corrected chi connectivity index (χ4v) is 2.06. The summed E-state index contributed by atoms with van der Waals surface area (Å²) in [5, 5.41) is 12.2. The average Bonchev–Trinajstić information content (AvgIpc) is 2.28. The van der Waals surface area contributed by atoms with Gasteiger partial charge in [-0.3, -0.25) is 0 Å². The van der Waals surface area contributed by atoms with Crippen LogP contribution in [0.2, 0.25) is 0 Å². The lowest BCUT2D eigenvalue weighted by Crippen LogP contribution is -2.40. The lowest BCUT2D eigenvalue weighted by molar-refractivity contribution is 0.00300. The molecule has 1 aliphatic rings. The smallest absolute Gasteiger partial charge is 0.101 e. The Bertz CT molecular complexity index is 433. The zero-order chi connectivity index (χ0) is 12.3. The summed E-state index contributed by atoms with van der Waals surface area (Å²) in [4.78, 5) is 0. The van der Waals surface area contributed by atoms with Gasteiger partial charge in [0.2, 0.25) is 0 Å². The second-order valence-corrected chi connectivity index (χ2v) is 4.27. The van der Waals surface area contributed by atoms with Gasteiger partial charge in [-0.25, -0.2) is 0 Å². The van der Waals surface area contributed by atoms with E-state index < -0.39 is 0 Å². The number of anilines is 2. The summed E-state index contributed by atoms with van der Waals surface area (Å²) in [6.07, 6.45) is 2.38. The Hall–Kier alpha value is -1.73. The van der Waals surface area contributed by atoms with E-state index >= 15 is 0 Å². The molecule has 4 heteroatoms. The second-order valence-electron chi connectivity index (χ2n) is 4.27. The lowest BCUT2D eigenvalue weighted by Gasteiger charge is -2.36. The summed E-state index contributed by atoms with van der Waals surface area (Å²) >= 11 is 0. The molecule has 90 valence electrons. The molecule has 0 aliphatic heterocycles. The molecule has 0 amide bonds. The summed E-state index contributed by atoms with van der Waals surface area (Å²) in [5.41, 5.74) is 7.81. The quantitative estimate of drug-likeness (QED) is 0.779. The number of ether oxygens (including phenoxy) is 1. The average molecular weight is 231 g/mol. The zero-order valence-electron chi connectivity index (χ0n) is 9.94. The van der Waals surface area contributed by atoms with Crippen molar-refractivity contribution in [1.29, 1.82) is 5.26 Å². The highest BCUT2D eigenvalue weighted by Crippen LogP contribution is 2.30. The van der Waals surface area contributed by atoms with Crippen molar-refractivity contribution in [2.75, 3.05) is 17.7 Å². The van der Waals surface area contributed by atoms with Gasteiger partial charge in [0.05, 0.1) is 23.0 Å². The molecule has 1 fully saturated rings. The van der Waals surface area contributed by atoms with E-state index in [0.717, 1.165) is 25.1 Å². The van der Waals surface area contributed by atoms with Gasteiger partial charge in [-0.15, -0.1) is 0 Å². The molecule has 0 aromatic heterocycles. The van der Waals surface area contributed by atoms with Crippen LogP contribution in [0.3, 0.4) is 0 Å². The van der Waals surface area contributed by atoms with Crippen molar-refractivity contribution >= 4 is 11.4 Å². The molecule has 0 heterocycles.